The maximum atomic E-state index is 12.0. The normalized spacial score (nSPS) is 10.5. The average Bonchev–Trinajstić information content (AvgIpc) is 3.05. The molecule has 0 saturated heterocycles. The topological polar surface area (TPSA) is 78.4 Å². The van der Waals surface area contributed by atoms with E-state index in [4.69, 9.17) is 26.5 Å². The van der Waals surface area contributed by atoms with Gasteiger partial charge in [-0.1, -0.05) is 29.8 Å². The summed E-state index contributed by atoms with van der Waals surface area (Å²) >= 11 is 5.86. The first-order valence-electron chi connectivity index (χ1n) is 6.85. The zero-order valence-electron chi connectivity index (χ0n) is 12.0. The summed E-state index contributed by atoms with van der Waals surface area (Å²) in [6.45, 7) is -0.0128. The molecule has 0 amide bonds. The van der Waals surface area contributed by atoms with Crippen molar-refractivity contribution >= 4 is 23.3 Å². The van der Waals surface area contributed by atoms with E-state index >= 15 is 0 Å². The van der Waals surface area contributed by atoms with Gasteiger partial charge < -0.3 is 14.9 Å². The summed E-state index contributed by atoms with van der Waals surface area (Å²) in [7, 11) is 0. The van der Waals surface area contributed by atoms with Crippen LogP contribution in [0.2, 0.25) is 5.02 Å². The predicted octanol–water partition coefficient (Wildman–Crippen LogP) is 3.93. The fourth-order valence-corrected chi connectivity index (χ4v) is 2.18. The van der Waals surface area contributed by atoms with E-state index in [2.05, 4.69) is 4.98 Å². The molecule has 6 heteroatoms. The molecule has 0 aliphatic carbocycles. The number of nitrogen functional groups attached to an aromatic ring is 1. The lowest BCUT2D eigenvalue weighted by Gasteiger charge is -2.05. The van der Waals surface area contributed by atoms with Gasteiger partial charge in [0.05, 0.1) is 5.56 Å². The van der Waals surface area contributed by atoms with E-state index in [1.54, 1.807) is 12.1 Å². The molecule has 1 heterocycles. The lowest BCUT2D eigenvalue weighted by atomic mass is 10.2. The van der Waals surface area contributed by atoms with Crippen molar-refractivity contribution in [1.29, 1.82) is 0 Å². The zero-order valence-corrected chi connectivity index (χ0v) is 12.8. The van der Waals surface area contributed by atoms with Gasteiger partial charge in [-0.15, -0.1) is 0 Å². The minimum atomic E-state index is -0.561. The van der Waals surface area contributed by atoms with E-state index in [1.165, 1.54) is 12.3 Å². The van der Waals surface area contributed by atoms with E-state index in [0.29, 0.717) is 22.3 Å². The highest BCUT2D eigenvalue weighted by Crippen LogP contribution is 2.21. The summed E-state index contributed by atoms with van der Waals surface area (Å²) in [4.78, 5) is 16.3. The molecule has 0 atom stereocenters. The quantitative estimate of drug-likeness (QED) is 0.580. The molecule has 0 radical (unpaired) electrons. The standard InChI is InChI=1S/C17H13ClN2O3/c18-12-6-7-15(19)14(8-12)17(21)23-10-13-9-22-16(20-13)11-4-2-1-3-5-11/h1-9H,10,19H2. The van der Waals surface area contributed by atoms with Crippen LogP contribution in [-0.2, 0) is 11.3 Å². The number of esters is 1. The number of hydrogen-bond donors (Lipinski definition) is 1. The van der Waals surface area contributed by atoms with Crippen molar-refractivity contribution in [1.82, 2.24) is 4.98 Å². The monoisotopic (exact) mass is 328 g/mol. The van der Waals surface area contributed by atoms with Gasteiger partial charge in [0.2, 0.25) is 5.89 Å². The Bertz CT molecular complexity index is 831. The lowest BCUT2D eigenvalue weighted by Crippen LogP contribution is -2.08. The number of halogens is 1. The van der Waals surface area contributed by atoms with Gasteiger partial charge in [0, 0.05) is 16.3 Å². The number of ether oxygens (including phenoxy) is 1. The fourth-order valence-electron chi connectivity index (χ4n) is 2.01. The molecular weight excluding hydrogens is 316 g/mol. The molecule has 3 rings (SSSR count). The second-order valence-corrected chi connectivity index (χ2v) is 5.25. The molecule has 0 aliphatic heterocycles. The lowest BCUT2D eigenvalue weighted by molar-refractivity contribution is 0.0469. The van der Waals surface area contributed by atoms with Crippen molar-refractivity contribution in [2.75, 3.05) is 5.73 Å². The Kier molecular flexibility index (Phi) is 4.30. The average molecular weight is 329 g/mol. The number of anilines is 1. The van der Waals surface area contributed by atoms with Gasteiger partial charge in [-0.2, -0.15) is 0 Å². The smallest absolute Gasteiger partial charge is 0.340 e. The fraction of sp³-hybridized carbons (Fsp3) is 0.0588. The van der Waals surface area contributed by atoms with Crippen molar-refractivity contribution < 1.29 is 13.9 Å². The number of carbonyl (C=O) groups excluding carboxylic acids is 1. The van der Waals surface area contributed by atoms with Gasteiger partial charge in [-0.25, -0.2) is 9.78 Å². The summed E-state index contributed by atoms with van der Waals surface area (Å²) in [5.41, 5.74) is 7.64. The zero-order chi connectivity index (χ0) is 16.2. The van der Waals surface area contributed by atoms with Gasteiger partial charge in [0.15, 0.2) is 0 Å². The highest BCUT2D eigenvalue weighted by Gasteiger charge is 2.14. The van der Waals surface area contributed by atoms with Gasteiger partial charge in [-0.3, -0.25) is 0 Å². The summed E-state index contributed by atoms with van der Waals surface area (Å²) in [5, 5.41) is 0.416. The molecule has 0 unspecified atom stereocenters. The van der Waals surface area contributed by atoms with E-state index in [9.17, 15) is 4.79 Å². The van der Waals surface area contributed by atoms with Crippen LogP contribution >= 0.6 is 11.6 Å². The Morgan fingerprint density at radius 1 is 1.22 bits per heavy atom. The van der Waals surface area contributed by atoms with Crippen molar-refractivity contribution in [2.24, 2.45) is 0 Å². The number of oxazole rings is 1. The molecule has 0 fully saturated rings. The van der Waals surface area contributed by atoms with Crippen LogP contribution in [0.5, 0.6) is 0 Å². The molecule has 0 saturated carbocycles. The third-order valence-corrected chi connectivity index (χ3v) is 3.39. The molecule has 0 bridgehead atoms. The Morgan fingerprint density at radius 2 is 2.00 bits per heavy atom. The summed E-state index contributed by atoms with van der Waals surface area (Å²) in [5.74, 6) is -0.0896. The minimum absolute atomic E-state index is 0.0128. The SMILES string of the molecule is Nc1ccc(Cl)cc1C(=O)OCc1coc(-c2ccccc2)n1. The third-order valence-electron chi connectivity index (χ3n) is 3.16. The molecule has 2 aromatic carbocycles. The van der Waals surface area contributed by atoms with Crippen LogP contribution in [0.1, 0.15) is 16.1 Å². The molecule has 0 spiro atoms. The Morgan fingerprint density at radius 3 is 2.78 bits per heavy atom. The van der Waals surface area contributed by atoms with E-state index in [-0.39, 0.29) is 12.2 Å². The van der Waals surface area contributed by atoms with Crippen LogP contribution in [0, 0.1) is 0 Å². The van der Waals surface area contributed by atoms with Gasteiger partial charge in [0.25, 0.3) is 0 Å². The predicted molar refractivity (Wildman–Crippen MR) is 86.9 cm³/mol. The highest BCUT2D eigenvalue weighted by atomic mass is 35.5. The molecule has 1 aromatic heterocycles. The first-order chi connectivity index (χ1) is 11.1. The summed E-state index contributed by atoms with van der Waals surface area (Å²) < 4.78 is 10.6. The number of carbonyl (C=O) groups is 1. The summed E-state index contributed by atoms with van der Waals surface area (Å²) in [6.07, 6.45) is 1.46. The van der Waals surface area contributed by atoms with Crippen LogP contribution < -0.4 is 5.73 Å². The number of nitrogens with two attached hydrogens (primary N) is 1. The van der Waals surface area contributed by atoms with Gasteiger partial charge in [-0.05, 0) is 30.3 Å². The van der Waals surface area contributed by atoms with Crippen LogP contribution in [0.4, 0.5) is 5.69 Å². The first kappa shape index (κ1) is 15.1. The number of rotatable bonds is 4. The first-order valence-corrected chi connectivity index (χ1v) is 7.23. The number of nitrogens with zero attached hydrogens (tertiary/aromatic N) is 1. The Balaban J connectivity index is 1.68. The van der Waals surface area contributed by atoms with Crippen LogP contribution in [0.25, 0.3) is 11.5 Å². The van der Waals surface area contributed by atoms with E-state index in [0.717, 1.165) is 5.56 Å². The van der Waals surface area contributed by atoms with E-state index < -0.39 is 5.97 Å². The number of benzene rings is 2. The van der Waals surface area contributed by atoms with Gasteiger partial charge in [0.1, 0.15) is 18.6 Å². The van der Waals surface area contributed by atoms with Crippen LogP contribution in [0.3, 0.4) is 0 Å². The second kappa shape index (κ2) is 6.54. The maximum absolute atomic E-state index is 12.0. The highest BCUT2D eigenvalue weighted by molar-refractivity contribution is 6.31. The van der Waals surface area contributed by atoms with Crippen molar-refractivity contribution in [3.63, 3.8) is 0 Å². The molecule has 5 nitrogen and oxygen atoms in total. The maximum Gasteiger partial charge on any atom is 0.340 e. The third kappa shape index (κ3) is 3.52. The number of aromatic nitrogens is 1. The molecule has 23 heavy (non-hydrogen) atoms. The van der Waals surface area contributed by atoms with Crippen LogP contribution in [-0.4, -0.2) is 11.0 Å². The molecule has 2 N–H and O–H groups in total. The Labute approximate surface area is 137 Å². The molecular formula is C17H13ClN2O3. The van der Waals surface area contributed by atoms with Crippen LogP contribution in [0.15, 0.2) is 59.2 Å². The van der Waals surface area contributed by atoms with Gasteiger partial charge >= 0.3 is 5.97 Å². The largest absolute Gasteiger partial charge is 0.455 e. The molecule has 116 valence electrons. The van der Waals surface area contributed by atoms with E-state index in [1.807, 2.05) is 30.3 Å². The molecule has 3 aromatic rings. The summed E-state index contributed by atoms with van der Waals surface area (Å²) in [6, 6.07) is 14.1. The second-order valence-electron chi connectivity index (χ2n) is 4.82. The van der Waals surface area contributed by atoms with Crippen molar-refractivity contribution in [3.05, 3.63) is 71.1 Å². The Hall–Kier alpha value is -2.79. The molecule has 0 aliphatic rings. The number of hydrogen-bond acceptors (Lipinski definition) is 5. The van der Waals surface area contributed by atoms with Crippen molar-refractivity contribution in [2.45, 2.75) is 6.61 Å². The van der Waals surface area contributed by atoms with Crippen molar-refractivity contribution in [3.8, 4) is 11.5 Å². The minimum Gasteiger partial charge on any atom is -0.455 e.